The summed E-state index contributed by atoms with van der Waals surface area (Å²) in [4.78, 5) is 4.36. The van der Waals surface area contributed by atoms with Gasteiger partial charge in [0.1, 0.15) is 6.61 Å². The molecule has 1 rings (SSSR count). The molecule has 0 saturated carbocycles. The second-order valence-corrected chi connectivity index (χ2v) is 7.89. The first-order valence-electron chi connectivity index (χ1n) is 8.02. The van der Waals surface area contributed by atoms with Gasteiger partial charge in [0.25, 0.3) is 5.97 Å². The number of benzene rings is 1. The van der Waals surface area contributed by atoms with Gasteiger partial charge in [0.05, 0.1) is 6.54 Å². The van der Waals surface area contributed by atoms with Gasteiger partial charge in [-0.2, -0.15) is 0 Å². The fraction of sp³-hybridized carbons (Fsp3) is 0.562. The van der Waals surface area contributed by atoms with Crippen LogP contribution in [0.1, 0.15) is 25.8 Å². The predicted molar refractivity (Wildman–Crippen MR) is 92.4 cm³/mol. The van der Waals surface area contributed by atoms with Crippen LogP contribution in [-0.4, -0.2) is 56.1 Å². The third-order valence-corrected chi connectivity index (χ3v) is 5.98. The SMILES string of the molecule is CCO[Si](CCC=NCc1ccccc1)(OCC)OCC(O)(O)O. The molecule has 0 aromatic heterocycles. The summed E-state index contributed by atoms with van der Waals surface area (Å²) in [7, 11) is -3.11. The van der Waals surface area contributed by atoms with Gasteiger partial charge in [0.15, 0.2) is 0 Å². The molecule has 1 aromatic carbocycles. The Labute approximate surface area is 143 Å². The standard InChI is InChI=1S/C16H27NO6Si/c1-3-21-24(22-4-2,23-14-16(18,19)20)12-8-11-17-13-15-9-6-5-7-10-15/h5-7,9-11,18-20H,3-4,8,12-14H2,1-2H3. The Balaban J connectivity index is 2.56. The quantitative estimate of drug-likeness (QED) is 0.296. The Kier molecular flexibility index (Phi) is 9.30. The summed E-state index contributed by atoms with van der Waals surface area (Å²) in [6.45, 7) is 4.23. The summed E-state index contributed by atoms with van der Waals surface area (Å²) in [6.07, 6.45) is 2.34. The molecule has 0 aliphatic carbocycles. The smallest absolute Gasteiger partial charge is 0.374 e. The van der Waals surface area contributed by atoms with Gasteiger partial charge in [0, 0.05) is 19.3 Å². The Morgan fingerprint density at radius 1 is 1.04 bits per heavy atom. The van der Waals surface area contributed by atoms with Gasteiger partial charge in [-0.05, 0) is 32.0 Å². The molecule has 0 amide bonds. The van der Waals surface area contributed by atoms with Crippen molar-refractivity contribution in [3.05, 3.63) is 35.9 Å². The largest absolute Gasteiger partial charge is 0.501 e. The van der Waals surface area contributed by atoms with Crippen LogP contribution in [0.5, 0.6) is 0 Å². The summed E-state index contributed by atoms with van der Waals surface area (Å²) < 4.78 is 16.7. The summed E-state index contributed by atoms with van der Waals surface area (Å²) in [5, 5.41) is 27.1. The highest BCUT2D eigenvalue weighted by Crippen LogP contribution is 2.19. The highest BCUT2D eigenvalue weighted by atomic mass is 28.4. The van der Waals surface area contributed by atoms with Crippen LogP contribution in [0.15, 0.2) is 35.3 Å². The van der Waals surface area contributed by atoms with Gasteiger partial charge < -0.3 is 28.6 Å². The van der Waals surface area contributed by atoms with Crippen LogP contribution in [0.4, 0.5) is 0 Å². The van der Waals surface area contributed by atoms with Crippen molar-refractivity contribution >= 4 is 15.0 Å². The number of nitrogens with zero attached hydrogens (tertiary/aromatic N) is 1. The van der Waals surface area contributed by atoms with E-state index in [-0.39, 0.29) is 0 Å². The van der Waals surface area contributed by atoms with Crippen LogP contribution in [0, 0.1) is 0 Å². The summed E-state index contributed by atoms with van der Waals surface area (Å²) in [5.74, 6) is -2.91. The highest BCUT2D eigenvalue weighted by molar-refractivity contribution is 6.60. The third-order valence-electron chi connectivity index (χ3n) is 3.04. The summed E-state index contributed by atoms with van der Waals surface area (Å²) in [5.41, 5.74) is 1.12. The van der Waals surface area contributed by atoms with Gasteiger partial charge >= 0.3 is 8.80 Å². The molecule has 3 N–H and O–H groups in total. The second kappa shape index (κ2) is 10.7. The fourth-order valence-corrected chi connectivity index (χ4v) is 4.53. The lowest BCUT2D eigenvalue weighted by molar-refractivity contribution is -0.326. The van der Waals surface area contributed by atoms with E-state index in [9.17, 15) is 0 Å². The Morgan fingerprint density at radius 3 is 2.21 bits per heavy atom. The van der Waals surface area contributed by atoms with Crippen molar-refractivity contribution in [1.82, 2.24) is 0 Å². The molecule has 0 aliphatic rings. The topological polar surface area (TPSA) is 101 Å². The molecule has 0 heterocycles. The molecular weight excluding hydrogens is 330 g/mol. The Bertz CT molecular complexity index is 471. The number of rotatable bonds is 12. The molecule has 136 valence electrons. The lowest BCUT2D eigenvalue weighted by atomic mass is 10.2. The van der Waals surface area contributed by atoms with E-state index in [4.69, 9.17) is 28.6 Å². The molecule has 0 fully saturated rings. The lowest BCUT2D eigenvalue weighted by Gasteiger charge is -2.30. The van der Waals surface area contributed by atoms with Crippen LogP contribution in [0.3, 0.4) is 0 Å². The molecule has 0 spiro atoms. The Morgan fingerprint density at radius 2 is 1.67 bits per heavy atom. The molecule has 1 aromatic rings. The minimum Gasteiger partial charge on any atom is -0.374 e. The van der Waals surface area contributed by atoms with E-state index in [1.807, 2.05) is 30.3 Å². The van der Waals surface area contributed by atoms with E-state index < -0.39 is 21.4 Å². The lowest BCUT2D eigenvalue weighted by Crippen LogP contribution is -2.50. The number of aliphatic hydroxyl groups is 3. The van der Waals surface area contributed by atoms with Gasteiger partial charge in [-0.3, -0.25) is 4.99 Å². The molecule has 24 heavy (non-hydrogen) atoms. The van der Waals surface area contributed by atoms with Crippen LogP contribution >= 0.6 is 0 Å². The molecule has 0 bridgehead atoms. The van der Waals surface area contributed by atoms with Crippen molar-refractivity contribution in [2.24, 2.45) is 4.99 Å². The average molecular weight is 357 g/mol. The van der Waals surface area contributed by atoms with Gasteiger partial charge in [-0.25, -0.2) is 0 Å². The highest BCUT2D eigenvalue weighted by Gasteiger charge is 2.42. The van der Waals surface area contributed by atoms with Crippen molar-refractivity contribution in [2.75, 3.05) is 19.8 Å². The molecule has 0 aliphatic heterocycles. The summed E-state index contributed by atoms with van der Waals surface area (Å²) in [6, 6.07) is 10.3. The first kappa shape index (κ1) is 20.9. The van der Waals surface area contributed by atoms with Gasteiger partial charge in [0.2, 0.25) is 0 Å². The van der Waals surface area contributed by atoms with Crippen molar-refractivity contribution < 1.29 is 28.6 Å². The monoisotopic (exact) mass is 357 g/mol. The van der Waals surface area contributed by atoms with Gasteiger partial charge in [-0.15, -0.1) is 0 Å². The normalized spacial score (nSPS) is 12.9. The van der Waals surface area contributed by atoms with Crippen molar-refractivity contribution in [2.45, 2.75) is 38.8 Å². The molecule has 0 saturated heterocycles. The number of hydrogen-bond donors (Lipinski definition) is 3. The minimum absolute atomic E-state index is 0.364. The predicted octanol–water partition coefficient (Wildman–Crippen LogP) is 1.31. The zero-order valence-electron chi connectivity index (χ0n) is 14.2. The van der Waals surface area contributed by atoms with Crippen molar-refractivity contribution in [3.63, 3.8) is 0 Å². The van der Waals surface area contributed by atoms with E-state index in [0.29, 0.717) is 32.2 Å². The van der Waals surface area contributed by atoms with E-state index in [1.165, 1.54) is 0 Å². The maximum atomic E-state index is 9.02. The second-order valence-electron chi connectivity index (χ2n) is 5.16. The minimum atomic E-state index is -3.11. The average Bonchev–Trinajstić information content (AvgIpc) is 2.53. The zero-order valence-corrected chi connectivity index (χ0v) is 15.2. The summed E-state index contributed by atoms with van der Waals surface area (Å²) >= 11 is 0. The van der Waals surface area contributed by atoms with Gasteiger partial charge in [-0.1, -0.05) is 30.3 Å². The molecule has 0 radical (unpaired) electrons. The fourth-order valence-electron chi connectivity index (χ4n) is 2.07. The van der Waals surface area contributed by atoms with E-state index in [2.05, 4.69) is 4.99 Å². The molecule has 0 unspecified atom stereocenters. The van der Waals surface area contributed by atoms with E-state index in [1.54, 1.807) is 20.1 Å². The van der Waals surface area contributed by atoms with Crippen LogP contribution in [0.2, 0.25) is 6.04 Å². The van der Waals surface area contributed by atoms with Crippen LogP contribution in [0.25, 0.3) is 0 Å². The number of aliphatic imine (C=N–C) groups is 1. The van der Waals surface area contributed by atoms with Crippen molar-refractivity contribution in [3.8, 4) is 0 Å². The van der Waals surface area contributed by atoms with E-state index >= 15 is 0 Å². The first-order chi connectivity index (χ1) is 11.4. The van der Waals surface area contributed by atoms with E-state index in [0.717, 1.165) is 5.56 Å². The van der Waals surface area contributed by atoms with Crippen molar-refractivity contribution in [1.29, 1.82) is 0 Å². The zero-order chi connectivity index (χ0) is 17.9. The molecule has 0 atom stereocenters. The maximum Gasteiger partial charge on any atom is 0.501 e. The Hall–Kier alpha value is -1.13. The molecular formula is C16H27NO6Si. The third kappa shape index (κ3) is 8.64. The maximum absolute atomic E-state index is 9.02. The first-order valence-corrected chi connectivity index (χ1v) is 9.95. The molecule has 7 nitrogen and oxygen atoms in total. The number of hydrogen-bond acceptors (Lipinski definition) is 7. The molecule has 8 heteroatoms. The van der Waals surface area contributed by atoms with Crippen LogP contribution < -0.4 is 0 Å². The van der Waals surface area contributed by atoms with Crippen LogP contribution in [-0.2, 0) is 19.8 Å².